The van der Waals surface area contributed by atoms with E-state index in [1.54, 1.807) is 0 Å². The van der Waals surface area contributed by atoms with Gasteiger partial charge in [0.15, 0.2) is 0 Å². The zero-order chi connectivity index (χ0) is 10.1. The van der Waals surface area contributed by atoms with Gasteiger partial charge in [0, 0.05) is 26.2 Å². The first-order valence-electron chi connectivity index (χ1n) is 4.12. The van der Waals surface area contributed by atoms with Crippen LogP contribution in [-0.4, -0.2) is 55.0 Å². The average molecular weight is 238 g/mol. The Morgan fingerprint density at radius 1 is 1.21 bits per heavy atom. The van der Waals surface area contributed by atoms with E-state index in [9.17, 15) is 8.42 Å². The molecular formula is C8H18N2O2S2. The van der Waals surface area contributed by atoms with Gasteiger partial charge in [0.05, 0.1) is 11.2 Å². The summed E-state index contributed by atoms with van der Waals surface area (Å²) in [6.45, 7) is 4.38. The van der Waals surface area contributed by atoms with Crippen LogP contribution < -0.4 is 0 Å². The molecule has 1 heterocycles. The lowest BCUT2D eigenvalue weighted by Gasteiger charge is -2.33. The number of hydrogen-bond donors (Lipinski definition) is 0. The first-order chi connectivity index (χ1) is 5.91. The summed E-state index contributed by atoms with van der Waals surface area (Å²) in [5.41, 5.74) is 0. The maximum absolute atomic E-state index is 11.1. The number of sulfonamides is 1. The predicted octanol–water partition coefficient (Wildman–Crippen LogP) is 0.547. The first kappa shape index (κ1) is 13.8. The third kappa shape index (κ3) is 3.51. The van der Waals surface area contributed by atoms with Crippen LogP contribution in [0.15, 0.2) is 0 Å². The normalized spacial score (nSPS) is 18.9. The number of nitrogens with zero attached hydrogens (tertiary/aromatic N) is 2. The van der Waals surface area contributed by atoms with Crippen molar-refractivity contribution >= 4 is 27.2 Å². The van der Waals surface area contributed by atoms with Gasteiger partial charge < -0.3 is 4.90 Å². The van der Waals surface area contributed by atoms with Crippen molar-refractivity contribution in [3.05, 3.63) is 0 Å². The Balaban J connectivity index is 0.00000169. The van der Waals surface area contributed by atoms with E-state index < -0.39 is 10.0 Å². The van der Waals surface area contributed by atoms with Crippen LogP contribution in [-0.2, 0) is 10.0 Å². The topological polar surface area (TPSA) is 40.6 Å². The van der Waals surface area contributed by atoms with Gasteiger partial charge in [-0.05, 0) is 6.92 Å². The molecule has 6 heteroatoms. The van der Waals surface area contributed by atoms with E-state index in [1.165, 1.54) is 10.6 Å². The van der Waals surface area contributed by atoms with Crippen molar-refractivity contribution in [1.29, 1.82) is 0 Å². The molecular weight excluding hydrogens is 220 g/mol. The lowest BCUT2D eigenvalue weighted by Crippen LogP contribution is -2.49. The fourth-order valence-electron chi connectivity index (χ4n) is 1.33. The third-order valence-corrected chi connectivity index (χ3v) is 3.71. The van der Waals surface area contributed by atoms with Gasteiger partial charge in [-0.3, -0.25) is 0 Å². The van der Waals surface area contributed by atoms with E-state index in [2.05, 4.69) is 0 Å². The molecule has 0 atom stereocenters. The van der Waals surface area contributed by atoms with E-state index in [-0.39, 0.29) is 7.43 Å². The molecule has 1 saturated heterocycles. The lowest BCUT2D eigenvalue weighted by molar-refractivity contribution is 0.269. The standard InChI is InChI=1S/C7H14N2O2S2.CH4/c1-7(12)8-3-5-9(6-4-8)13(2,10)11;/h3-6H2,1-2H3;1H4. The average Bonchev–Trinajstić information content (AvgIpc) is 2.03. The first-order valence-corrected chi connectivity index (χ1v) is 6.37. The minimum atomic E-state index is -3.01. The van der Waals surface area contributed by atoms with Gasteiger partial charge in [0.2, 0.25) is 10.0 Å². The molecule has 0 unspecified atom stereocenters. The van der Waals surface area contributed by atoms with Gasteiger partial charge >= 0.3 is 0 Å². The molecule has 0 aromatic rings. The Labute approximate surface area is 91.9 Å². The van der Waals surface area contributed by atoms with E-state index in [4.69, 9.17) is 12.2 Å². The summed E-state index contributed by atoms with van der Waals surface area (Å²) in [6.07, 6.45) is 1.24. The molecule has 0 aromatic heterocycles. The molecule has 0 aliphatic carbocycles. The van der Waals surface area contributed by atoms with Crippen LogP contribution in [0.3, 0.4) is 0 Å². The molecule has 0 radical (unpaired) electrons. The molecule has 0 saturated carbocycles. The van der Waals surface area contributed by atoms with Crippen LogP contribution in [0, 0.1) is 0 Å². The van der Waals surface area contributed by atoms with E-state index in [0.29, 0.717) is 26.2 Å². The molecule has 0 aromatic carbocycles. The van der Waals surface area contributed by atoms with E-state index in [0.717, 1.165) is 4.99 Å². The summed E-state index contributed by atoms with van der Waals surface area (Å²) in [4.78, 5) is 2.87. The fourth-order valence-corrected chi connectivity index (χ4v) is 2.34. The summed E-state index contributed by atoms with van der Waals surface area (Å²) in [6, 6.07) is 0. The van der Waals surface area contributed by atoms with Crippen LogP contribution in [0.1, 0.15) is 14.4 Å². The molecule has 1 aliphatic heterocycles. The van der Waals surface area contributed by atoms with Gasteiger partial charge in [-0.2, -0.15) is 4.31 Å². The highest BCUT2D eigenvalue weighted by atomic mass is 32.2. The van der Waals surface area contributed by atoms with Gasteiger partial charge in [0.1, 0.15) is 0 Å². The Bertz CT molecular complexity index is 292. The highest BCUT2D eigenvalue weighted by molar-refractivity contribution is 7.88. The van der Waals surface area contributed by atoms with Crippen molar-refractivity contribution in [1.82, 2.24) is 9.21 Å². The minimum Gasteiger partial charge on any atom is -0.364 e. The van der Waals surface area contributed by atoms with Crippen LogP contribution in [0.25, 0.3) is 0 Å². The van der Waals surface area contributed by atoms with Crippen molar-refractivity contribution in [3.8, 4) is 0 Å². The molecule has 14 heavy (non-hydrogen) atoms. The van der Waals surface area contributed by atoms with Crippen LogP contribution in [0.4, 0.5) is 0 Å². The monoisotopic (exact) mass is 238 g/mol. The zero-order valence-electron chi connectivity index (χ0n) is 7.86. The second-order valence-electron chi connectivity index (χ2n) is 3.17. The molecule has 84 valence electrons. The van der Waals surface area contributed by atoms with Crippen molar-refractivity contribution in [2.45, 2.75) is 14.4 Å². The highest BCUT2D eigenvalue weighted by Gasteiger charge is 2.22. The summed E-state index contributed by atoms with van der Waals surface area (Å²) >= 11 is 5.01. The fraction of sp³-hybridized carbons (Fsp3) is 0.875. The minimum absolute atomic E-state index is 0. The largest absolute Gasteiger partial charge is 0.364 e. The second-order valence-corrected chi connectivity index (χ2v) is 5.74. The van der Waals surface area contributed by atoms with Crippen molar-refractivity contribution in [2.75, 3.05) is 32.4 Å². The molecule has 0 amide bonds. The molecule has 0 spiro atoms. The number of rotatable bonds is 1. The van der Waals surface area contributed by atoms with E-state index in [1.807, 2.05) is 11.8 Å². The van der Waals surface area contributed by atoms with Crippen molar-refractivity contribution in [2.24, 2.45) is 0 Å². The van der Waals surface area contributed by atoms with Gasteiger partial charge in [-0.15, -0.1) is 0 Å². The van der Waals surface area contributed by atoms with Gasteiger partial charge in [0.25, 0.3) is 0 Å². The summed E-state index contributed by atoms with van der Waals surface area (Å²) in [7, 11) is -3.01. The molecule has 4 nitrogen and oxygen atoms in total. The Morgan fingerprint density at radius 3 is 1.93 bits per heavy atom. The number of piperazine rings is 1. The number of hydrogen-bond acceptors (Lipinski definition) is 3. The Kier molecular flexibility index (Phi) is 4.97. The smallest absolute Gasteiger partial charge is 0.211 e. The van der Waals surface area contributed by atoms with Crippen LogP contribution in [0.5, 0.6) is 0 Å². The third-order valence-electron chi connectivity index (χ3n) is 2.15. The van der Waals surface area contributed by atoms with Crippen LogP contribution in [0.2, 0.25) is 0 Å². The molecule has 1 fully saturated rings. The highest BCUT2D eigenvalue weighted by Crippen LogP contribution is 2.06. The predicted molar refractivity (Wildman–Crippen MR) is 63.0 cm³/mol. The second kappa shape index (κ2) is 5.04. The van der Waals surface area contributed by atoms with Crippen LogP contribution >= 0.6 is 12.2 Å². The Hall–Kier alpha value is -0.200. The van der Waals surface area contributed by atoms with E-state index >= 15 is 0 Å². The van der Waals surface area contributed by atoms with Gasteiger partial charge in [-0.25, -0.2) is 8.42 Å². The zero-order valence-corrected chi connectivity index (χ0v) is 9.49. The maximum atomic E-state index is 11.1. The summed E-state index contributed by atoms with van der Waals surface area (Å²) < 4.78 is 23.8. The maximum Gasteiger partial charge on any atom is 0.211 e. The molecule has 1 rings (SSSR count). The SMILES string of the molecule is C.CC(=S)N1CCN(S(C)(=O)=O)CC1. The van der Waals surface area contributed by atoms with Crippen molar-refractivity contribution in [3.63, 3.8) is 0 Å². The van der Waals surface area contributed by atoms with Crippen molar-refractivity contribution < 1.29 is 8.42 Å². The lowest BCUT2D eigenvalue weighted by atomic mass is 10.4. The number of thiocarbonyl (C=S) groups is 1. The molecule has 1 aliphatic rings. The van der Waals surface area contributed by atoms with Gasteiger partial charge in [-0.1, -0.05) is 19.6 Å². The Morgan fingerprint density at radius 2 is 1.64 bits per heavy atom. The quantitative estimate of drug-likeness (QED) is 0.626. The summed E-state index contributed by atoms with van der Waals surface area (Å²) in [5, 5.41) is 0. The molecule has 0 bridgehead atoms. The summed E-state index contributed by atoms with van der Waals surface area (Å²) in [5.74, 6) is 0. The molecule has 0 N–H and O–H groups in total.